The minimum atomic E-state index is -2.20. The first-order valence-electron chi connectivity index (χ1n) is 3.80. The fourth-order valence-electron chi connectivity index (χ4n) is 0.564. The van der Waals surface area contributed by atoms with Crippen LogP contribution in [0.1, 0.15) is 19.8 Å². The monoisotopic (exact) mass is 246 g/mol. The molecule has 0 atom stereocenters. The number of unbranched alkanes of at least 4 members (excludes halogenated alkanes) is 1. The highest BCUT2D eigenvalue weighted by atomic mass is 35.9. The van der Waals surface area contributed by atoms with Crippen molar-refractivity contribution in [2.45, 2.75) is 19.8 Å². The van der Waals surface area contributed by atoms with Crippen LogP contribution in [0.3, 0.4) is 0 Å². The molecule has 0 heterocycles. The van der Waals surface area contributed by atoms with E-state index < -0.39 is 4.74 Å². The van der Waals surface area contributed by atoms with Gasteiger partial charge in [-0.15, -0.1) is 0 Å². The lowest BCUT2D eigenvalue weighted by molar-refractivity contribution is 0.159. The predicted octanol–water partition coefficient (Wildman–Crippen LogP) is 4.10. The van der Waals surface area contributed by atoms with Crippen LogP contribution in [0.4, 0.5) is 0 Å². The second-order valence-corrected chi connectivity index (χ2v) is 10.3. The van der Waals surface area contributed by atoms with E-state index in [1.807, 2.05) is 0 Å². The van der Waals surface area contributed by atoms with Gasteiger partial charge in [0.1, 0.15) is 4.74 Å². The number of hydrogen-bond donors (Lipinski definition) is 0. The first-order chi connectivity index (χ1) is 5.56. The second kappa shape index (κ2) is 7.34. The normalized spacial score (nSPS) is 12.6. The first kappa shape index (κ1) is 12.9. The minimum Gasteiger partial charge on any atom is -0.377 e. The van der Waals surface area contributed by atoms with E-state index in [0.717, 1.165) is 19.4 Å². The summed E-state index contributed by atoms with van der Waals surface area (Å²) in [5.41, 5.74) is 0. The SMILES string of the molecule is CCCCOCC=CP(=S)(Cl)Cl. The molecule has 0 aliphatic heterocycles. The van der Waals surface area contributed by atoms with Crippen LogP contribution in [-0.2, 0) is 16.5 Å². The molecule has 0 saturated carbocycles. The number of hydrogen-bond acceptors (Lipinski definition) is 2. The molecule has 0 aromatic carbocycles. The summed E-state index contributed by atoms with van der Waals surface area (Å²) in [5.74, 6) is 1.65. The first-order valence-corrected chi connectivity index (χ1v) is 8.49. The summed E-state index contributed by atoms with van der Waals surface area (Å²) in [4.78, 5) is 0. The van der Waals surface area contributed by atoms with E-state index >= 15 is 0 Å². The maximum Gasteiger partial charge on any atom is 0.140 e. The van der Waals surface area contributed by atoms with Gasteiger partial charge in [-0.2, -0.15) is 0 Å². The molecule has 0 aliphatic rings. The fourth-order valence-corrected chi connectivity index (χ4v) is 1.63. The van der Waals surface area contributed by atoms with Crippen LogP contribution in [0.15, 0.2) is 11.9 Å². The van der Waals surface area contributed by atoms with Gasteiger partial charge in [0.15, 0.2) is 0 Å². The van der Waals surface area contributed by atoms with Crippen molar-refractivity contribution >= 4 is 39.0 Å². The van der Waals surface area contributed by atoms with Gasteiger partial charge in [-0.3, -0.25) is 0 Å². The maximum atomic E-state index is 5.62. The highest BCUT2D eigenvalue weighted by Gasteiger charge is 1.99. The Bertz CT molecular complexity index is 178. The molecule has 0 aromatic rings. The van der Waals surface area contributed by atoms with Crippen molar-refractivity contribution in [1.82, 2.24) is 0 Å². The summed E-state index contributed by atoms with van der Waals surface area (Å²) >= 11 is 16.0. The average molecular weight is 247 g/mol. The number of rotatable bonds is 6. The summed E-state index contributed by atoms with van der Waals surface area (Å²) < 4.78 is 3.03. The van der Waals surface area contributed by atoms with Crippen LogP contribution in [0, 0.1) is 0 Å². The molecule has 0 bridgehead atoms. The minimum absolute atomic E-state index is 0.553. The van der Waals surface area contributed by atoms with Gasteiger partial charge < -0.3 is 4.74 Å². The Balaban J connectivity index is 3.31. The van der Waals surface area contributed by atoms with Crippen molar-refractivity contribution in [3.63, 3.8) is 0 Å². The third-order valence-corrected chi connectivity index (χ3v) is 2.73. The van der Waals surface area contributed by atoms with Gasteiger partial charge in [0.2, 0.25) is 0 Å². The summed E-state index contributed by atoms with van der Waals surface area (Å²) in [6, 6.07) is 0. The molecule has 0 fully saturated rings. The molecule has 0 N–H and O–H groups in total. The van der Waals surface area contributed by atoms with Crippen molar-refractivity contribution in [3.8, 4) is 0 Å². The van der Waals surface area contributed by atoms with Crippen molar-refractivity contribution < 1.29 is 4.74 Å². The van der Waals surface area contributed by atoms with Crippen LogP contribution in [-0.4, -0.2) is 13.2 Å². The molecule has 0 amide bonds. The Hall–Kier alpha value is 0.930. The maximum absolute atomic E-state index is 5.62. The van der Waals surface area contributed by atoms with Gasteiger partial charge in [-0.25, -0.2) is 0 Å². The Morgan fingerprint density at radius 1 is 1.50 bits per heavy atom. The Morgan fingerprint density at radius 3 is 2.67 bits per heavy atom. The molecule has 1 nitrogen and oxygen atoms in total. The van der Waals surface area contributed by atoms with Crippen LogP contribution in [0.2, 0.25) is 0 Å². The summed E-state index contributed by atoms with van der Waals surface area (Å²) in [5, 5.41) is 0. The fraction of sp³-hybridized carbons (Fsp3) is 0.714. The Kier molecular flexibility index (Phi) is 7.91. The van der Waals surface area contributed by atoms with Crippen molar-refractivity contribution in [2.75, 3.05) is 13.2 Å². The van der Waals surface area contributed by atoms with E-state index in [9.17, 15) is 0 Å². The summed E-state index contributed by atoms with van der Waals surface area (Å²) in [6.45, 7) is 3.46. The van der Waals surface area contributed by atoms with Gasteiger partial charge in [0.05, 0.1) is 6.61 Å². The largest absolute Gasteiger partial charge is 0.377 e. The van der Waals surface area contributed by atoms with Crippen LogP contribution >= 0.6 is 27.2 Å². The molecule has 72 valence electrons. The molecule has 0 saturated heterocycles. The van der Waals surface area contributed by atoms with Crippen molar-refractivity contribution in [1.29, 1.82) is 0 Å². The topological polar surface area (TPSA) is 9.23 Å². The van der Waals surface area contributed by atoms with E-state index in [4.69, 9.17) is 39.0 Å². The molecule has 0 aromatic heterocycles. The highest BCUT2D eigenvalue weighted by molar-refractivity contribution is 8.40. The van der Waals surface area contributed by atoms with E-state index in [1.54, 1.807) is 11.9 Å². The Morgan fingerprint density at radius 2 is 2.17 bits per heavy atom. The lowest BCUT2D eigenvalue weighted by atomic mass is 10.4. The molecular weight excluding hydrogens is 234 g/mol. The highest BCUT2D eigenvalue weighted by Crippen LogP contribution is 2.58. The van der Waals surface area contributed by atoms with Crippen LogP contribution in [0.25, 0.3) is 0 Å². The third kappa shape index (κ3) is 10.9. The number of ether oxygens (including phenoxy) is 1. The molecule has 0 radical (unpaired) electrons. The summed E-state index contributed by atoms with van der Waals surface area (Å²) in [7, 11) is 0. The molecule has 5 heteroatoms. The molecule has 0 rings (SSSR count). The molecule has 0 aliphatic carbocycles. The van der Waals surface area contributed by atoms with E-state index in [-0.39, 0.29) is 0 Å². The van der Waals surface area contributed by atoms with E-state index in [2.05, 4.69) is 6.92 Å². The van der Waals surface area contributed by atoms with Crippen molar-refractivity contribution in [3.05, 3.63) is 11.9 Å². The van der Waals surface area contributed by atoms with Gasteiger partial charge in [-0.1, -0.05) is 53.7 Å². The van der Waals surface area contributed by atoms with E-state index in [0.29, 0.717) is 6.61 Å². The Labute approximate surface area is 88.7 Å². The zero-order valence-corrected chi connectivity index (χ0v) is 10.2. The standard InChI is InChI=1S/C7H13Cl2OPS/c1-2-3-5-10-6-4-7-11(8,9)12/h4,7H,2-3,5-6H2,1H3. The van der Waals surface area contributed by atoms with Gasteiger partial charge in [0, 0.05) is 6.61 Å². The quantitative estimate of drug-likeness (QED) is 0.516. The van der Waals surface area contributed by atoms with Crippen LogP contribution in [0.5, 0.6) is 0 Å². The lowest BCUT2D eigenvalue weighted by Gasteiger charge is -1.98. The third-order valence-electron chi connectivity index (χ3n) is 1.14. The van der Waals surface area contributed by atoms with Gasteiger partial charge in [0.25, 0.3) is 0 Å². The molecule has 0 unspecified atom stereocenters. The van der Waals surface area contributed by atoms with Gasteiger partial charge in [-0.05, 0) is 12.2 Å². The lowest BCUT2D eigenvalue weighted by Crippen LogP contribution is -1.92. The van der Waals surface area contributed by atoms with Crippen LogP contribution < -0.4 is 0 Å². The van der Waals surface area contributed by atoms with E-state index in [1.165, 1.54) is 0 Å². The summed E-state index contributed by atoms with van der Waals surface area (Å²) in [6.07, 6.45) is 4.02. The van der Waals surface area contributed by atoms with Gasteiger partial charge >= 0.3 is 0 Å². The number of halogens is 2. The zero-order chi connectivity index (χ0) is 9.45. The molecule has 0 spiro atoms. The average Bonchev–Trinajstić information content (AvgIpc) is 1.94. The predicted molar refractivity (Wildman–Crippen MR) is 60.9 cm³/mol. The molecule has 12 heavy (non-hydrogen) atoms. The molecular formula is C7H13Cl2OPS. The zero-order valence-electron chi connectivity index (χ0n) is 7.00. The van der Waals surface area contributed by atoms with Crippen molar-refractivity contribution in [2.24, 2.45) is 0 Å². The smallest absolute Gasteiger partial charge is 0.140 e. The second-order valence-electron chi connectivity index (χ2n) is 2.32.